The number of anilines is 1. The Morgan fingerprint density at radius 2 is 1.93 bits per heavy atom. The lowest BCUT2D eigenvalue weighted by molar-refractivity contribution is 0.316. The van der Waals surface area contributed by atoms with Gasteiger partial charge >= 0.3 is 0 Å². The molecule has 5 nitrogen and oxygen atoms in total. The van der Waals surface area contributed by atoms with Gasteiger partial charge in [-0.1, -0.05) is 12.1 Å². The van der Waals surface area contributed by atoms with Gasteiger partial charge in [-0.25, -0.2) is 9.78 Å². The van der Waals surface area contributed by atoms with Crippen LogP contribution in [0.3, 0.4) is 0 Å². The second kappa shape index (κ2) is 8.38. The van der Waals surface area contributed by atoms with Gasteiger partial charge in [-0.2, -0.15) is 0 Å². The topological polar surface area (TPSA) is 49.3 Å². The highest BCUT2D eigenvalue weighted by molar-refractivity contribution is 7.13. The van der Waals surface area contributed by atoms with Crippen molar-refractivity contribution in [3.63, 3.8) is 0 Å². The highest BCUT2D eigenvalue weighted by Gasteiger charge is 2.21. The smallest absolute Gasteiger partial charge is 0.146 e. The van der Waals surface area contributed by atoms with Gasteiger partial charge in [0.2, 0.25) is 0 Å². The van der Waals surface area contributed by atoms with Crippen molar-refractivity contribution in [1.29, 1.82) is 0 Å². The summed E-state index contributed by atoms with van der Waals surface area (Å²) in [4.78, 5) is 24.9. The third kappa shape index (κ3) is 4.14. The molecule has 6 heteroatoms. The van der Waals surface area contributed by atoms with Crippen LogP contribution in [-0.4, -0.2) is 47.0 Å². The lowest BCUT2D eigenvalue weighted by atomic mass is 10.1. The molecule has 1 aromatic carbocycles. The molecule has 2 aromatic heterocycles. The number of rotatable bonds is 5. The quantitative estimate of drug-likeness (QED) is 0.623. The molecular formula is C22H22N4OS. The van der Waals surface area contributed by atoms with Gasteiger partial charge in [0.1, 0.15) is 16.6 Å². The first-order valence-corrected chi connectivity index (χ1v) is 10.3. The average molecular weight is 391 g/mol. The number of aryl methyl sites for hydroxylation is 1. The zero-order valence-electron chi connectivity index (χ0n) is 15.8. The number of hydrogen-bond donors (Lipinski definition) is 0. The standard InChI is InChI=1S/C22H22N4OS/c1-17-3-2-4-20(13-17)25-9-11-26(12-10-25)21(15-27)14-19-16-28-22(24-19)18-5-7-23-8-6-18/h2-8,13,16H,9-12,14H2,1H3. The van der Waals surface area contributed by atoms with Gasteiger partial charge in [-0.15, -0.1) is 11.3 Å². The molecule has 142 valence electrons. The number of aromatic nitrogens is 2. The van der Waals surface area contributed by atoms with E-state index < -0.39 is 0 Å². The maximum Gasteiger partial charge on any atom is 0.146 e. The van der Waals surface area contributed by atoms with E-state index in [9.17, 15) is 4.79 Å². The number of benzene rings is 1. The van der Waals surface area contributed by atoms with Crippen molar-refractivity contribution in [2.75, 3.05) is 31.1 Å². The second-order valence-electron chi connectivity index (χ2n) is 6.92. The lowest BCUT2D eigenvalue weighted by Crippen LogP contribution is -2.46. The van der Waals surface area contributed by atoms with Crippen LogP contribution in [0.25, 0.3) is 10.6 Å². The Hall–Kier alpha value is -2.95. The van der Waals surface area contributed by atoms with Gasteiger partial charge in [0.25, 0.3) is 0 Å². The first-order valence-electron chi connectivity index (χ1n) is 9.38. The highest BCUT2D eigenvalue weighted by atomic mass is 32.1. The fourth-order valence-corrected chi connectivity index (χ4v) is 4.28. The molecule has 0 aliphatic carbocycles. The van der Waals surface area contributed by atoms with Gasteiger partial charge < -0.3 is 9.80 Å². The highest BCUT2D eigenvalue weighted by Crippen LogP contribution is 2.25. The molecule has 0 amide bonds. The van der Waals surface area contributed by atoms with Gasteiger partial charge in [0.15, 0.2) is 0 Å². The summed E-state index contributed by atoms with van der Waals surface area (Å²) in [6.45, 7) is 5.54. The molecule has 3 heterocycles. The minimum atomic E-state index is 0.523. The Balaban J connectivity index is 1.39. The fraction of sp³-hybridized carbons (Fsp3) is 0.273. The third-order valence-corrected chi connectivity index (χ3v) is 5.91. The molecule has 0 saturated carbocycles. The van der Waals surface area contributed by atoms with Crippen molar-refractivity contribution in [2.24, 2.45) is 0 Å². The lowest BCUT2D eigenvalue weighted by Gasteiger charge is -2.37. The van der Waals surface area contributed by atoms with Crippen LogP contribution in [0.5, 0.6) is 0 Å². The molecule has 4 rings (SSSR count). The minimum absolute atomic E-state index is 0.523. The molecule has 3 aromatic rings. The number of nitrogens with zero attached hydrogens (tertiary/aromatic N) is 4. The van der Waals surface area contributed by atoms with Gasteiger partial charge in [-0.05, 0) is 36.8 Å². The fourth-order valence-electron chi connectivity index (χ4n) is 3.46. The largest absolute Gasteiger partial charge is 0.368 e. The number of piperazine rings is 1. The van der Waals surface area contributed by atoms with Gasteiger partial charge in [0, 0.05) is 61.6 Å². The number of carbonyl (C=O) groups excluding carboxylic acids is 1. The molecule has 1 fully saturated rings. The number of thiazole rings is 1. The summed E-state index contributed by atoms with van der Waals surface area (Å²) >= 11 is 1.59. The summed E-state index contributed by atoms with van der Waals surface area (Å²) in [5, 5.41) is 2.97. The van der Waals surface area contributed by atoms with Crippen molar-refractivity contribution < 1.29 is 4.79 Å². The molecule has 1 saturated heterocycles. The van der Waals surface area contributed by atoms with Crippen molar-refractivity contribution in [2.45, 2.75) is 13.3 Å². The van der Waals surface area contributed by atoms with Crippen molar-refractivity contribution in [3.8, 4) is 10.6 Å². The summed E-state index contributed by atoms with van der Waals surface area (Å²) < 4.78 is 0. The van der Waals surface area contributed by atoms with E-state index >= 15 is 0 Å². The Labute approximate surface area is 169 Å². The number of pyridine rings is 1. The van der Waals surface area contributed by atoms with Crippen molar-refractivity contribution in [3.05, 3.63) is 71.1 Å². The van der Waals surface area contributed by atoms with Gasteiger partial charge in [0.05, 0.1) is 5.69 Å². The summed E-state index contributed by atoms with van der Waals surface area (Å²) in [5.74, 6) is 2.16. The van der Waals surface area contributed by atoms with Crippen LogP contribution >= 0.6 is 11.3 Å². The van der Waals surface area contributed by atoms with Crippen LogP contribution in [0.15, 0.2) is 59.9 Å². The first kappa shape index (κ1) is 18.4. The molecular weight excluding hydrogens is 368 g/mol. The number of hydrogen-bond acceptors (Lipinski definition) is 6. The van der Waals surface area contributed by atoms with Gasteiger partial charge in [-0.3, -0.25) is 4.98 Å². The summed E-state index contributed by atoms with van der Waals surface area (Å²) in [6.07, 6.45) is 4.05. The average Bonchev–Trinajstić information content (AvgIpc) is 3.21. The molecule has 0 N–H and O–H groups in total. The Morgan fingerprint density at radius 3 is 2.64 bits per heavy atom. The van der Waals surface area contributed by atoms with E-state index in [1.807, 2.05) is 17.5 Å². The maximum absolute atomic E-state index is 11.6. The van der Waals surface area contributed by atoms with E-state index in [1.165, 1.54) is 11.3 Å². The van der Waals surface area contributed by atoms with Crippen molar-refractivity contribution >= 4 is 23.0 Å². The molecule has 0 spiro atoms. The molecule has 0 unspecified atom stereocenters. The van der Waals surface area contributed by atoms with Crippen LogP contribution in [0, 0.1) is 6.92 Å². The first-order chi connectivity index (χ1) is 13.7. The summed E-state index contributed by atoms with van der Waals surface area (Å²) in [6, 6.07) is 12.5. The van der Waals surface area contributed by atoms with Crippen molar-refractivity contribution in [1.82, 2.24) is 14.9 Å². The molecule has 0 radical (unpaired) electrons. The molecule has 28 heavy (non-hydrogen) atoms. The Kier molecular flexibility index (Phi) is 5.51. The molecule has 1 aliphatic heterocycles. The van der Waals surface area contributed by atoms with Crippen LogP contribution < -0.4 is 4.90 Å². The zero-order valence-corrected chi connectivity index (χ0v) is 16.7. The third-order valence-electron chi connectivity index (χ3n) is 4.97. The van der Waals surface area contributed by atoms with E-state index in [0.717, 1.165) is 42.4 Å². The van der Waals surface area contributed by atoms with E-state index in [-0.39, 0.29) is 0 Å². The minimum Gasteiger partial charge on any atom is -0.368 e. The maximum atomic E-state index is 11.6. The summed E-state index contributed by atoms with van der Waals surface area (Å²) in [7, 11) is 0. The zero-order chi connectivity index (χ0) is 19.3. The summed E-state index contributed by atoms with van der Waals surface area (Å²) in [5.41, 5.74) is 5.17. The van der Waals surface area contributed by atoms with E-state index in [1.54, 1.807) is 23.7 Å². The Bertz CT molecular complexity index is 987. The van der Waals surface area contributed by atoms with E-state index in [4.69, 9.17) is 0 Å². The van der Waals surface area contributed by atoms with E-state index in [2.05, 4.69) is 56.9 Å². The second-order valence-corrected chi connectivity index (χ2v) is 7.78. The predicted molar refractivity (Wildman–Crippen MR) is 113 cm³/mol. The monoisotopic (exact) mass is 390 g/mol. The van der Waals surface area contributed by atoms with E-state index in [0.29, 0.717) is 12.1 Å². The molecule has 0 bridgehead atoms. The normalized spacial score (nSPS) is 14.0. The van der Waals surface area contributed by atoms with Crippen LogP contribution in [0.1, 0.15) is 11.3 Å². The van der Waals surface area contributed by atoms with Crippen LogP contribution in [-0.2, 0) is 11.2 Å². The molecule has 0 atom stereocenters. The SMILES string of the molecule is Cc1cccc(N2CCN(C(=C=O)Cc3csc(-c4ccncc4)n3)CC2)c1. The number of allylic oxidation sites excluding steroid dienone is 1. The predicted octanol–water partition coefficient (Wildman–Crippen LogP) is 3.59. The van der Waals surface area contributed by atoms with Crippen LogP contribution in [0.2, 0.25) is 0 Å². The Morgan fingerprint density at radius 1 is 1.14 bits per heavy atom. The molecule has 1 aliphatic rings. The van der Waals surface area contributed by atoms with Crippen LogP contribution in [0.4, 0.5) is 5.69 Å².